The molecule has 1 fully saturated rings. The molecule has 1 aliphatic heterocycles. The summed E-state index contributed by atoms with van der Waals surface area (Å²) in [7, 11) is -0.960. The molecule has 3 aromatic rings. The van der Waals surface area contributed by atoms with Crippen LogP contribution in [0.15, 0.2) is 30.3 Å². The van der Waals surface area contributed by atoms with Gasteiger partial charge >= 0.3 is 0 Å². The molecule has 4 rings (SSSR count). The highest BCUT2D eigenvalue weighted by Gasteiger charge is 2.25. The standard InChI is InChI=1S/C25H35N4O2Si/c1-18-8-7-9-20(19(18)2)16-22-21(17-31-32(6)25(3,4)5)26-23-10-11-24(27-29(22)23)28-12-14-30-15-13-28/h7-11H,12-17H2,1-6H3. The van der Waals surface area contributed by atoms with Crippen molar-refractivity contribution in [3.05, 3.63) is 58.4 Å². The van der Waals surface area contributed by atoms with Crippen LogP contribution in [0.5, 0.6) is 0 Å². The minimum Gasteiger partial charge on any atom is -0.410 e. The fourth-order valence-electron chi connectivity index (χ4n) is 3.85. The molecule has 0 N–H and O–H groups in total. The Morgan fingerprint density at radius 2 is 1.84 bits per heavy atom. The Bertz CT molecular complexity index is 1080. The molecule has 1 saturated heterocycles. The zero-order chi connectivity index (χ0) is 22.9. The van der Waals surface area contributed by atoms with Crippen molar-refractivity contribution in [1.82, 2.24) is 14.6 Å². The van der Waals surface area contributed by atoms with Crippen LogP contribution < -0.4 is 4.90 Å². The number of aryl methyl sites for hydroxylation is 1. The number of morpholine rings is 1. The molecular formula is C25H35N4O2Si. The first kappa shape index (κ1) is 23.0. The van der Waals surface area contributed by atoms with Crippen molar-refractivity contribution < 1.29 is 9.16 Å². The van der Waals surface area contributed by atoms with Crippen molar-refractivity contribution in [2.24, 2.45) is 0 Å². The van der Waals surface area contributed by atoms with Crippen LogP contribution in [0.25, 0.3) is 5.65 Å². The zero-order valence-corrected chi connectivity index (χ0v) is 21.2. The van der Waals surface area contributed by atoms with Gasteiger partial charge in [0.2, 0.25) is 9.04 Å². The molecule has 0 unspecified atom stereocenters. The molecule has 2 aromatic heterocycles. The quantitative estimate of drug-likeness (QED) is 0.508. The summed E-state index contributed by atoms with van der Waals surface area (Å²) >= 11 is 0. The number of imidazole rings is 1. The van der Waals surface area contributed by atoms with Crippen molar-refractivity contribution in [2.45, 2.75) is 59.2 Å². The Morgan fingerprint density at radius 1 is 1.09 bits per heavy atom. The number of anilines is 1. The van der Waals surface area contributed by atoms with Gasteiger partial charge in [0.05, 0.1) is 31.2 Å². The smallest absolute Gasteiger partial charge is 0.214 e. The van der Waals surface area contributed by atoms with Gasteiger partial charge in [0.1, 0.15) is 5.82 Å². The molecule has 6 nitrogen and oxygen atoms in total. The van der Waals surface area contributed by atoms with Crippen LogP contribution in [0.2, 0.25) is 11.6 Å². The summed E-state index contributed by atoms with van der Waals surface area (Å²) in [5.74, 6) is 0.975. The predicted octanol–water partition coefficient (Wildman–Crippen LogP) is 4.71. The molecule has 32 heavy (non-hydrogen) atoms. The lowest BCUT2D eigenvalue weighted by Gasteiger charge is -2.27. The summed E-state index contributed by atoms with van der Waals surface area (Å²) in [4.78, 5) is 7.24. The van der Waals surface area contributed by atoms with Crippen LogP contribution in [0.3, 0.4) is 0 Å². The van der Waals surface area contributed by atoms with E-state index in [4.69, 9.17) is 19.2 Å². The Kier molecular flexibility index (Phi) is 6.69. The van der Waals surface area contributed by atoms with E-state index in [-0.39, 0.29) is 5.04 Å². The lowest BCUT2D eigenvalue weighted by Crippen LogP contribution is -2.37. The molecule has 0 saturated carbocycles. The summed E-state index contributed by atoms with van der Waals surface area (Å²) in [6.07, 6.45) is 0.786. The van der Waals surface area contributed by atoms with Crippen molar-refractivity contribution in [3.8, 4) is 0 Å². The van der Waals surface area contributed by atoms with Gasteiger partial charge in [-0.1, -0.05) is 39.0 Å². The van der Waals surface area contributed by atoms with Crippen LogP contribution >= 0.6 is 0 Å². The molecule has 0 spiro atoms. The molecule has 0 aliphatic carbocycles. The third-order valence-electron chi connectivity index (χ3n) is 6.53. The zero-order valence-electron chi connectivity index (χ0n) is 20.2. The van der Waals surface area contributed by atoms with Gasteiger partial charge in [0.25, 0.3) is 0 Å². The topological polar surface area (TPSA) is 51.9 Å². The number of rotatable bonds is 6. The van der Waals surface area contributed by atoms with Crippen molar-refractivity contribution in [1.29, 1.82) is 0 Å². The highest BCUT2D eigenvalue weighted by Crippen LogP contribution is 2.29. The minimum absolute atomic E-state index is 0.179. The molecule has 7 heteroatoms. The van der Waals surface area contributed by atoms with E-state index in [9.17, 15) is 0 Å². The fourth-order valence-corrected chi connectivity index (χ4v) is 4.63. The highest BCUT2D eigenvalue weighted by molar-refractivity contribution is 6.53. The molecular weight excluding hydrogens is 416 g/mol. The molecule has 0 atom stereocenters. The van der Waals surface area contributed by atoms with Crippen LogP contribution in [-0.4, -0.2) is 49.9 Å². The Morgan fingerprint density at radius 3 is 2.56 bits per heavy atom. The van der Waals surface area contributed by atoms with E-state index in [1.54, 1.807) is 0 Å². The summed E-state index contributed by atoms with van der Waals surface area (Å²) in [6.45, 7) is 17.1. The molecule has 0 bridgehead atoms. The predicted molar refractivity (Wildman–Crippen MR) is 131 cm³/mol. The number of nitrogens with zero attached hydrogens (tertiary/aromatic N) is 4. The van der Waals surface area contributed by atoms with Crippen LogP contribution in [0, 0.1) is 13.8 Å². The first-order chi connectivity index (χ1) is 15.2. The maximum Gasteiger partial charge on any atom is 0.214 e. The molecule has 1 aliphatic rings. The molecule has 1 radical (unpaired) electrons. The second-order valence-corrected chi connectivity index (χ2v) is 12.6. The van der Waals surface area contributed by atoms with Crippen LogP contribution in [-0.2, 0) is 22.2 Å². The fraction of sp³-hybridized carbons (Fsp3) is 0.520. The van der Waals surface area contributed by atoms with E-state index < -0.39 is 9.04 Å². The van der Waals surface area contributed by atoms with Crippen LogP contribution in [0.4, 0.5) is 5.82 Å². The summed E-state index contributed by atoms with van der Waals surface area (Å²) in [5, 5.41) is 5.20. The maximum atomic E-state index is 6.37. The summed E-state index contributed by atoms with van der Waals surface area (Å²) in [6, 6.07) is 10.7. The second kappa shape index (κ2) is 9.33. The Balaban J connectivity index is 1.73. The Labute approximate surface area is 193 Å². The van der Waals surface area contributed by atoms with E-state index in [0.29, 0.717) is 6.61 Å². The van der Waals surface area contributed by atoms with Crippen LogP contribution in [0.1, 0.15) is 48.8 Å². The van der Waals surface area contributed by atoms with E-state index in [1.165, 1.54) is 16.7 Å². The number of aromatic nitrogens is 3. The first-order valence-electron chi connectivity index (χ1n) is 11.5. The first-order valence-corrected chi connectivity index (χ1v) is 13.4. The lowest BCUT2D eigenvalue weighted by molar-refractivity contribution is 0.122. The summed E-state index contributed by atoms with van der Waals surface area (Å²) < 4.78 is 13.9. The van der Waals surface area contributed by atoms with Gasteiger partial charge in [-0.3, -0.25) is 0 Å². The van der Waals surface area contributed by atoms with E-state index in [0.717, 1.165) is 55.6 Å². The van der Waals surface area contributed by atoms with Gasteiger partial charge < -0.3 is 14.1 Å². The van der Waals surface area contributed by atoms with Gasteiger partial charge in [-0.15, -0.1) is 5.10 Å². The van der Waals surface area contributed by atoms with E-state index in [1.807, 2.05) is 4.52 Å². The van der Waals surface area contributed by atoms with Gasteiger partial charge in [0, 0.05) is 19.5 Å². The van der Waals surface area contributed by atoms with Gasteiger partial charge in [-0.2, -0.15) is 0 Å². The normalized spacial score (nSPS) is 15.2. The molecule has 3 heterocycles. The van der Waals surface area contributed by atoms with Gasteiger partial charge in [-0.05, 0) is 54.3 Å². The minimum atomic E-state index is -0.960. The monoisotopic (exact) mass is 451 g/mol. The molecule has 0 amide bonds. The molecule has 171 valence electrons. The van der Waals surface area contributed by atoms with Gasteiger partial charge in [0.15, 0.2) is 5.65 Å². The van der Waals surface area contributed by atoms with E-state index in [2.05, 4.69) is 76.4 Å². The third kappa shape index (κ3) is 4.90. The third-order valence-corrected chi connectivity index (χ3v) is 9.22. The molecule has 1 aromatic carbocycles. The van der Waals surface area contributed by atoms with Crippen molar-refractivity contribution >= 4 is 20.5 Å². The number of ether oxygens (including phenoxy) is 1. The van der Waals surface area contributed by atoms with E-state index >= 15 is 0 Å². The number of hydrogen-bond acceptors (Lipinski definition) is 5. The second-order valence-electron chi connectivity index (χ2n) is 9.70. The Hall–Kier alpha value is -2.22. The van der Waals surface area contributed by atoms with Crippen molar-refractivity contribution in [2.75, 3.05) is 31.2 Å². The SMILES string of the molecule is Cc1cccc(Cc2c(CO[Si](C)C(C)(C)C)nc3ccc(N4CCOCC4)nn23)c1C. The average molecular weight is 452 g/mol. The average Bonchev–Trinajstić information content (AvgIpc) is 3.11. The lowest BCUT2D eigenvalue weighted by atomic mass is 9.99. The number of benzene rings is 1. The maximum absolute atomic E-state index is 6.37. The highest BCUT2D eigenvalue weighted by atomic mass is 28.3. The summed E-state index contributed by atoms with van der Waals surface area (Å²) in [5.41, 5.74) is 6.93. The number of hydrogen-bond donors (Lipinski definition) is 0. The largest absolute Gasteiger partial charge is 0.410 e. The van der Waals surface area contributed by atoms with Gasteiger partial charge in [-0.25, -0.2) is 9.50 Å². The van der Waals surface area contributed by atoms with Crippen molar-refractivity contribution in [3.63, 3.8) is 0 Å². The number of fused-ring (bicyclic) bond motifs is 1.